The molecule has 0 spiro atoms. The van der Waals surface area contributed by atoms with Crippen molar-refractivity contribution in [1.29, 1.82) is 5.41 Å². The molecule has 120 valence electrons. The Labute approximate surface area is 152 Å². The monoisotopic (exact) mass is 324 g/mol. The molecular weight excluding hydrogens is 303 g/mol. The molecule has 1 aliphatic rings. The topological polar surface area (TPSA) is 70.1 Å². The van der Waals surface area contributed by atoms with Crippen LogP contribution in [-0.2, 0) is 0 Å². The van der Waals surface area contributed by atoms with Crippen molar-refractivity contribution in [1.82, 2.24) is 0 Å². The first-order valence-electron chi connectivity index (χ1n) is 8.45. The van der Waals surface area contributed by atoms with Gasteiger partial charge in [0.15, 0.2) is 0 Å². The molecule has 0 bridgehead atoms. The molecule has 25 heavy (non-hydrogen) atoms. The van der Waals surface area contributed by atoms with Crippen LogP contribution in [0.1, 0.15) is 5.56 Å². The zero-order valence-corrected chi connectivity index (χ0v) is 15.1. The third-order valence-electron chi connectivity index (χ3n) is 5.31. The van der Waals surface area contributed by atoms with Crippen LogP contribution in [-0.4, -0.2) is 48.2 Å². The minimum atomic E-state index is -0.318. The maximum absolute atomic E-state index is 10.7. The Bertz CT molecular complexity index is 904. The molecule has 0 aromatic heterocycles. The molecule has 4 N–H and O–H groups in total. The zero-order chi connectivity index (χ0) is 18.3. The second-order valence-corrected chi connectivity index (χ2v) is 6.74. The lowest BCUT2D eigenvalue weighted by molar-refractivity contribution is 0.482. The zero-order valence-electron chi connectivity index (χ0n) is 15.1. The molecule has 0 fully saturated rings. The van der Waals surface area contributed by atoms with Crippen LogP contribution in [0.5, 0.6) is 5.75 Å². The molecule has 2 aromatic carbocycles. The van der Waals surface area contributed by atoms with Gasteiger partial charge in [0.2, 0.25) is 0 Å². The average molecular weight is 324 g/mol. The minimum absolute atomic E-state index is 0.318. The predicted octanol–water partition coefficient (Wildman–Crippen LogP) is -3.61. The molecule has 7 heteroatoms. The summed E-state index contributed by atoms with van der Waals surface area (Å²) in [6.07, 6.45) is 5.61. The van der Waals surface area contributed by atoms with E-state index in [4.69, 9.17) is 11.1 Å². The van der Waals surface area contributed by atoms with E-state index < -0.39 is 0 Å². The smallest absolute Gasteiger partial charge is 0.143 e. The van der Waals surface area contributed by atoms with Crippen LogP contribution in [0, 0.1) is 5.41 Å². The van der Waals surface area contributed by atoms with E-state index >= 15 is 0 Å². The second kappa shape index (κ2) is 6.49. The van der Waals surface area contributed by atoms with Crippen molar-refractivity contribution >= 4 is 64.5 Å². The Morgan fingerprint density at radius 1 is 0.880 bits per heavy atom. The van der Waals surface area contributed by atoms with Crippen molar-refractivity contribution in [3.05, 3.63) is 48.1 Å². The molecule has 0 saturated heterocycles. The van der Waals surface area contributed by atoms with Crippen LogP contribution in [0.3, 0.4) is 0 Å². The first kappa shape index (κ1) is 17.4. The Morgan fingerprint density at radius 3 is 2.04 bits per heavy atom. The predicted molar refractivity (Wildman–Crippen MR) is 119 cm³/mol. The molecule has 1 unspecified atom stereocenters. The number of aromatic hydroxyl groups is 1. The van der Waals surface area contributed by atoms with Gasteiger partial charge in [-0.05, 0) is 22.8 Å². The molecule has 0 amide bonds. The number of benzene rings is 2. The summed E-state index contributed by atoms with van der Waals surface area (Å²) in [5.41, 5.74) is 14.5. The lowest BCUT2D eigenvalue weighted by atomic mass is 9.64. The molecule has 0 saturated carbocycles. The van der Waals surface area contributed by atoms with E-state index in [1.807, 2.05) is 58.2 Å². The van der Waals surface area contributed by atoms with Gasteiger partial charge >= 0.3 is 0 Å². The molecule has 0 aliphatic heterocycles. The van der Waals surface area contributed by atoms with Crippen molar-refractivity contribution < 1.29 is 5.11 Å². The molecular formula is C18H20B4N2O. The fraction of sp³-hybridized carbons (Fsp3) is 0.0556. The fourth-order valence-corrected chi connectivity index (χ4v) is 3.28. The summed E-state index contributed by atoms with van der Waals surface area (Å²) >= 11 is 0. The van der Waals surface area contributed by atoms with Crippen LogP contribution in [0.25, 0.3) is 16.7 Å². The van der Waals surface area contributed by atoms with Gasteiger partial charge in [0, 0.05) is 5.56 Å². The van der Waals surface area contributed by atoms with E-state index in [0.717, 1.165) is 38.7 Å². The lowest BCUT2D eigenvalue weighted by Crippen LogP contribution is -2.48. The Hall–Kier alpha value is -2.39. The van der Waals surface area contributed by atoms with E-state index in [1.54, 1.807) is 0 Å². The third kappa shape index (κ3) is 3.00. The molecule has 2 aromatic rings. The van der Waals surface area contributed by atoms with Crippen LogP contribution in [0.15, 0.2) is 42.5 Å². The van der Waals surface area contributed by atoms with Gasteiger partial charge in [0.1, 0.15) is 37.1 Å². The van der Waals surface area contributed by atoms with E-state index in [0.29, 0.717) is 11.5 Å². The van der Waals surface area contributed by atoms with Gasteiger partial charge in [-0.1, -0.05) is 52.8 Å². The third-order valence-corrected chi connectivity index (χ3v) is 5.31. The highest BCUT2D eigenvalue weighted by Crippen LogP contribution is 2.27. The first-order valence-corrected chi connectivity index (χ1v) is 8.45. The number of allylic oxidation sites excluding steroid dienone is 2. The number of phenolic OH excluding ortho intramolecular Hbond substituents is 1. The number of hydrogen-bond acceptors (Lipinski definition) is 3. The van der Waals surface area contributed by atoms with Crippen LogP contribution >= 0.6 is 0 Å². The van der Waals surface area contributed by atoms with Crippen LogP contribution in [0.2, 0.25) is 0 Å². The van der Waals surface area contributed by atoms with Crippen molar-refractivity contribution in [3.63, 3.8) is 0 Å². The molecule has 1 aliphatic carbocycles. The molecule has 3 nitrogen and oxygen atoms in total. The fourth-order valence-electron chi connectivity index (χ4n) is 3.28. The Kier molecular flexibility index (Phi) is 4.53. The second-order valence-electron chi connectivity index (χ2n) is 6.74. The SMILES string of the molecule is Bc1c(B)c(B)c(-c2ccc(C3=CC(=N)C(N)C=C3)cc2)c(O)c1B. The summed E-state index contributed by atoms with van der Waals surface area (Å²) in [7, 11) is 8.16. The van der Waals surface area contributed by atoms with Gasteiger partial charge in [0.25, 0.3) is 0 Å². The summed E-state index contributed by atoms with van der Waals surface area (Å²) in [6, 6.07) is 7.79. The van der Waals surface area contributed by atoms with Crippen LogP contribution in [0.4, 0.5) is 0 Å². The highest BCUT2D eigenvalue weighted by molar-refractivity contribution is 6.64. The molecule has 0 heterocycles. The van der Waals surface area contributed by atoms with E-state index in [-0.39, 0.29) is 6.04 Å². The van der Waals surface area contributed by atoms with E-state index in [1.165, 1.54) is 5.46 Å². The van der Waals surface area contributed by atoms with Gasteiger partial charge in [-0.3, -0.25) is 0 Å². The summed E-state index contributed by atoms with van der Waals surface area (Å²) in [4.78, 5) is 0. The highest BCUT2D eigenvalue weighted by Gasteiger charge is 2.16. The minimum Gasteiger partial charge on any atom is -0.508 e. The standard InChI is InChI=1S/C18H20B4N2O/c19-14-13(18(25)17(22)16(21)15(14)20)9-3-1-8(2-4-9)10-5-6-11(23)12(24)7-10/h1-7,11,24-25H,19-23H2. The lowest BCUT2D eigenvalue weighted by Gasteiger charge is -2.19. The Balaban J connectivity index is 2.04. The number of hydrogen-bond donors (Lipinski definition) is 3. The van der Waals surface area contributed by atoms with E-state index in [9.17, 15) is 5.11 Å². The van der Waals surface area contributed by atoms with Gasteiger partial charge < -0.3 is 16.2 Å². The van der Waals surface area contributed by atoms with Crippen molar-refractivity contribution in [2.75, 3.05) is 0 Å². The summed E-state index contributed by atoms with van der Waals surface area (Å²) < 4.78 is 0. The molecule has 3 rings (SSSR count). The van der Waals surface area contributed by atoms with Crippen LogP contribution < -0.4 is 27.6 Å². The average Bonchev–Trinajstić information content (AvgIpc) is 2.61. The largest absolute Gasteiger partial charge is 0.508 e. The van der Waals surface area contributed by atoms with Gasteiger partial charge in [-0.2, -0.15) is 0 Å². The number of phenols is 1. The molecule has 0 radical (unpaired) electrons. The quantitative estimate of drug-likeness (QED) is 0.500. The number of nitrogens with two attached hydrogens (primary N) is 1. The van der Waals surface area contributed by atoms with Crippen molar-refractivity contribution in [2.24, 2.45) is 5.73 Å². The highest BCUT2D eigenvalue weighted by atomic mass is 16.3. The summed E-state index contributed by atoms with van der Waals surface area (Å²) in [6.45, 7) is 0. The number of nitrogens with one attached hydrogen (secondary N) is 1. The van der Waals surface area contributed by atoms with Crippen molar-refractivity contribution in [3.8, 4) is 16.9 Å². The normalized spacial score (nSPS) is 16.8. The van der Waals surface area contributed by atoms with Gasteiger partial charge in [0.05, 0.1) is 11.8 Å². The maximum Gasteiger partial charge on any atom is 0.143 e. The van der Waals surface area contributed by atoms with Gasteiger partial charge in [-0.15, -0.1) is 5.46 Å². The summed E-state index contributed by atoms with van der Waals surface area (Å²) in [5.74, 6) is 0.359. The number of rotatable bonds is 2. The van der Waals surface area contributed by atoms with Gasteiger partial charge in [-0.25, -0.2) is 0 Å². The summed E-state index contributed by atoms with van der Waals surface area (Å²) in [5, 5.41) is 18.5. The van der Waals surface area contributed by atoms with E-state index in [2.05, 4.69) is 15.7 Å². The maximum atomic E-state index is 10.7. The Morgan fingerprint density at radius 2 is 1.44 bits per heavy atom. The first-order chi connectivity index (χ1) is 11.8. The molecule has 1 atom stereocenters. The van der Waals surface area contributed by atoms with Crippen molar-refractivity contribution in [2.45, 2.75) is 6.04 Å².